The maximum Gasteiger partial charge on any atom is 0.264 e. The Hall–Kier alpha value is -2.97. The van der Waals surface area contributed by atoms with E-state index < -0.39 is 6.43 Å². The van der Waals surface area contributed by atoms with Gasteiger partial charge in [0.1, 0.15) is 0 Å². The molecule has 3 aliphatic rings. The number of aryl methyl sites for hydroxylation is 2. The van der Waals surface area contributed by atoms with Crippen LogP contribution in [0.25, 0.3) is 11.1 Å². The minimum absolute atomic E-state index is 0.0694. The molecule has 0 saturated carbocycles. The molecule has 4 heterocycles. The molecule has 6 nitrogen and oxygen atoms in total. The number of nitrogens with zero attached hydrogens (tertiary/aromatic N) is 4. The average Bonchev–Trinajstić information content (AvgIpc) is 3.33. The van der Waals surface area contributed by atoms with Crippen molar-refractivity contribution in [3.8, 4) is 11.1 Å². The lowest BCUT2D eigenvalue weighted by Crippen LogP contribution is -2.37. The minimum atomic E-state index is -2.56. The maximum atomic E-state index is 14.3. The Morgan fingerprint density at radius 3 is 2.63 bits per heavy atom. The lowest BCUT2D eigenvalue weighted by atomic mass is 9.91. The Morgan fingerprint density at radius 2 is 1.86 bits per heavy atom. The highest BCUT2D eigenvalue weighted by molar-refractivity contribution is 5.79. The van der Waals surface area contributed by atoms with Gasteiger partial charge >= 0.3 is 0 Å². The molecular weight excluding hydrogens is 448 g/mol. The van der Waals surface area contributed by atoms with Gasteiger partial charge in [0, 0.05) is 67.6 Å². The van der Waals surface area contributed by atoms with E-state index in [-0.39, 0.29) is 5.56 Å². The highest BCUT2D eigenvalue weighted by Crippen LogP contribution is 2.44. The molecular formula is C27H31F2N5O. The van der Waals surface area contributed by atoms with E-state index in [0.717, 1.165) is 87.7 Å². The van der Waals surface area contributed by atoms with Crippen molar-refractivity contribution in [2.75, 3.05) is 49.2 Å². The number of ether oxygens (including phenoxy) is 1. The van der Waals surface area contributed by atoms with Crippen molar-refractivity contribution in [2.45, 2.75) is 32.2 Å². The Kier molecular flexibility index (Phi) is 5.94. The van der Waals surface area contributed by atoms with Crippen LogP contribution < -0.4 is 15.1 Å². The van der Waals surface area contributed by atoms with Gasteiger partial charge in [-0.3, -0.25) is 4.68 Å². The van der Waals surface area contributed by atoms with E-state index in [1.165, 1.54) is 16.8 Å². The Balaban J connectivity index is 1.48. The van der Waals surface area contributed by atoms with Crippen LogP contribution in [0.2, 0.25) is 0 Å². The van der Waals surface area contributed by atoms with Gasteiger partial charge in [0.25, 0.3) is 6.43 Å². The molecule has 0 spiro atoms. The number of halogens is 2. The lowest BCUT2D eigenvalue weighted by Gasteiger charge is -2.37. The largest absolute Gasteiger partial charge is 0.378 e. The molecule has 35 heavy (non-hydrogen) atoms. The van der Waals surface area contributed by atoms with E-state index in [1.807, 2.05) is 19.3 Å². The molecule has 0 unspecified atom stereocenters. The van der Waals surface area contributed by atoms with Crippen LogP contribution in [0, 0.1) is 0 Å². The fourth-order valence-electron chi connectivity index (χ4n) is 5.70. The molecule has 8 heteroatoms. The van der Waals surface area contributed by atoms with E-state index in [4.69, 9.17) is 4.74 Å². The van der Waals surface area contributed by atoms with Crippen LogP contribution in [0.3, 0.4) is 0 Å². The minimum Gasteiger partial charge on any atom is -0.378 e. The molecule has 0 aliphatic carbocycles. The molecule has 6 rings (SSSR count). The predicted octanol–water partition coefficient (Wildman–Crippen LogP) is 4.59. The van der Waals surface area contributed by atoms with Crippen LogP contribution in [0.1, 0.15) is 35.1 Å². The first-order valence-corrected chi connectivity index (χ1v) is 12.5. The summed E-state index contributed by atoms with van der Waals surface area (Å²) in [5.74, 6) is 0. The lowest BCUT2D eigenvalue weighted by molar-refractivity contribution is 0.122. The van der Waals surface area contributed by atoms with Crippen LogP contribution in [0.15, 0.2) is 36.7 Å². The number of hydrogen-bond donors (Lipinski definition) is 1. The predicted molar refractivity (Wildman–Crippen MR) is 134 cm³/mol. The van der Waals surface area contributed by atoms with Crippen LogP contribution in [-0.2, 0) is 31.2 Å². The summed E-state index contributed by atoms with van der Waals surface area (Å²) >= 11 is 0. The molecule has 1 N–H and O–H groups in total. The van der Waals surface area contributed by atoms with Crippen molar-refractivity contribution < 1.29 is 13.5 Å². The fourth-order valence-corrected chi connectivity index (χ4v) is 5.70. The molecule has 0 atom stereocenters. The normalized spacial score (nSPS) is 18.1. The topological polar surface area (TPSA) is 45.6 Å². The molecule has 0 radical (unpaired) electrons. The van der Waals surface area contributed by atoms with Gasteiger partial charge < -0.3 is 19.9 Å². The summed E-state index contributed by atoms with van der Waals surface area (Å²) in [5, 5.41) is 7.73. The number of rotatable bonds is 4. The van der Waals surface area contributed by atoms with E-state index in [2.05, 4.69) is 32.3 Å². The van der Waals surface area contributed by atoms with Gasteiger partial charge in [0.15, 0.2) is 0 Å². The molecule has 3 aromatic rings. The van der Waals surface area contributed by atoms with Crippen molar-refractivity contribution in [3.63, 3.8) is 0 Å². The Bertz CT molecular complexity index is 1230. The van der Waals surface area contributed by atoms with Gasteiger partial charge in [-0.2, -0.15) is 5.10 Å². The number of anilines is 3. The second-order valence-corrected chi connectivity index (χ2v) is 9.66. The molecule has 2 aromatic carbocycles. The third-order valence-corrected chi connectivity index (χ3v) is 7.46. The van der Waals surface area contributed by atoms with E-state index in [1.54, 1.807) is 16.9 Å². The summed E-state index contributed by atoms with van der Waals surface area (Å²) in [7, 11) is 1.81. The summed E-state index contributed by atoms with van der Waals surface area (Å²) < 4.78 is 35.9. The first kappa shape index (κ1) is 22.5. The Labute approximate surface area is 204 Å². The average molecular weight is 480 g/mol. The second-order valence-electron chi connectivity index (χ2n) is 9.66. The number of morpholine rings is 1. The standard InChI is InChI=1S/C27H31F2N5O/c1-32-17-20(15-31-32)22-12-19-3-2-6-34(25(19)14-23(22)27(28)29)26-13-21(33-7-9-35-10-8-33)11-18-4-5-30-16-24(18)26/h11-15,17,27,30H,2-10,16H2,1H3. The molecule has 184 valence electrons. The molecule has 1 saturated heterocycles. The zero-order valence-corrected chi connectivity index (χ0v) is 20.1. The van der Waals surface area contributed by atoms with Crippen LogP contribution in [-0.4, -0.2) is 49.2 Å². The van der Waals surface area contributed by atoms with Crippen LogP contribution >= 0.6 is 0 Å². The first-order valence-electron chi connectivity index (χ1n) is 12.5. The van der Waals surface area contributed by atoms with Gasteiger partial charge in [-0.1, -0.05) is 0 Å². The summed E-state index contributed by atoms with van der Waals surface area (Å²) in [4.78, 5) is 4.67. The van der Waals surface area contributed by atoms with E-state index in [0.29, 0.717) is 5.56 Å². The summed E-state index contributed by atoms with van der Waals surface area (Å²) in [5.41, 5.74) is 8.41. The van der Waals surface area contributed by atoms with Crippen molar-refractivity contribution in [2.24, 2.45) is 7.05 Å². The maximum absolute atomic E-state index is 14.3. The van der Waals surface area contributed by atoms with Gasteiger partial charge in [0.05, 0.1) is 19.4 Å². The smallest absolute Gasteiger partial charge is 0.264 e. The van der Waals surface area contributed by atoms with Crippen molar-refractivity contribution in [3.05, 3.63) is 58.9 Å². The van der Waals surface area contributed by atoms with Crippen molar-refractivity contribution in [1.29, 1.82) is 0 Å². The van der Waals surface area contributed by atoms with Gasteiger partial charge in [-0.25, -0.2) is 8.78 Å². The van der Waals surface area contributed by atoms with E-state index in [9.17, 15) is 8.78 Å². The highest BCUT2D eigenvalue weighted by Gasteiger charge is 2.28. The third-order valence-electron chi connectivity index (χ3n) is 7.46. The number of hydrogen-bond acceptors (Lipinski definition) is 5. The zero-order chi connectivity index (χ0) is 23.9. The van der Waals surface area contributed by atoms with Crippen LogP contribution in [0.4, 0.5) is 25.8 Å². The van der Waals surface area contributed by atoms with E-state index >= 15 is 0 Å². The van der Waals surface area contributed by atoms with Gasteiger partial charge in [0.2, 0.25) is 0 Å². The van der Waals surface area contributed by atoms with Crippen molar-refractivity contribution >= 4 is 17.1 Å². The molecule has 0 amide bonds. The summed E-state index contributed by atoms with van der Waals surface area (Å²) in [6.07, 6.45) is 3.76. The van der Waals surface area contributed by atoms with Crippen LogP contribution in [0.5, 0.6) is 0 Å². The molecule has 1 fully saturated rings. The summed E-state index contributed by atoms with van der Waals surface area (Å²) in [6.45, 7) is 5.79. The number of aromatic nitrogens is 2. The molecule has 0 bridgehead atoms. The molecule has 1 aromatic heterocycles. The first-order chi connectivity index (χ1) is 17.1. The highest BCUT2D eigenvalue weighted by atomic mass is 19.3. The number of fused-ring (bicyclic) bond motifs is 2. The SMILES string of the molecule is Cn1cc(-c2cc3c(cc2C(F)F)N(c2cc(N4CCOCC4)cc4c2CNCC4)CCC3)cn1. The molecule has 3 aliphatic heterocycles. The third kappa shape index (κ3) is 4.19. The quantitative estimate of drug-likeness (QED) is 0.593. The second kappa shape index (κ2) is 9.24. The van der Waals surface area contributed by atoms with Gasteiger partial charge in [-0.05, 0) is 72.3 Å². The number of nitrogens with one attached hydrogen (secondary N) is 1. The fraction of sp³-hybridized carbons (Fsp3) is 0.444. The zero-order valence-electron chi connectivity index (χ0n) is 20.1. The monoisotopic (exact) mass is 479 g/mol. The van der Waals surface area contributed by atoms with Crippen molar-refractivity contribution in [1.82, 2.24) is 15.1 Å². The summed E-state index contributed by atoms with van der Waals surface area (Å²) in [6, 6.07) is 8.29. The number of benzene rings is 2. The Morgan fingerprint density at radius 1 is 1.00 bits per heavy atom. The number of alkyl halides is 2. The van der Waals surface area contributed by atoms with Gasteiger partial charge in [-0.15, -0.1) is 0 Å².